The number of carbonyl (C=O) groups excluding carboxylic acids is 1. The van der Waals surface area contributed by atoms with Crippen LogP contribution < -0.4 is 15.4 Å². The SMILES string of the molecule is O=C(COc1ccccc1)Nc1ccc(Nc2ccccc2F)cc1. The first-order valence-corrected chi connectivity index (χ1v) is 7.80. The summed E-state index contributed by atoms with van der Waals surface area (Å²) in [4.78, 5) is 11.9. The molecule has 0 bridgehead atoms. The lowest BCUT2D eigenvalue weighted by Crippen LogP contribution is -2.20. The van der Waals surface area contributed by atoms with Crippen LogP contribution in [0.25, 0.3) is 0 Å². The third kappa shape index (κ3) is 4.81. The Morgan fingerprint density at radius 3 is 2.20 bits per heavy atom. The lowest BCUT2D eigenvalue weighted by Gasteiger charge is -2.10. The molecular formula is C20H17FN2O2. The molecule has 0 aliphatic heterocycles. The smallest absolute Gasteiger partial charge is 0.262 e. The highest BCUT2D eigenvalue weighted by Gasteiger charge is 2.05. The molecule has 2 N–H and O–H groups in total. The van der Waals surface area contributed by atoms with Crippen LogP contribution in [0.4, 0.5) is 21.5 Å². The van der Waals surface area contributed by atoms with Gasteiger partial charge in [-0.3, -0.25) is 4.79 Å². The quantitative estimate of drug-likeness (QED) is 0.692. The Kier molecular flexibility index (Phi) is 5.26. The van der Waals surface area contributed by atoms with Gasteiger partial charge in [-0.25, -0.2) is 4.39 Å². The maximum Gasteiger partial charge on any atom is 0.262 e. The predicted octanol–water partition coefficient (Wildman–Crippen LogP) is 4.59. The van der Waals surface area contributed by atoms with Gasteiger partial charge in [-0.1, -0.05) is 30.3 Å². The molecule has 4 nitrogen and oxygen atoms in total. The zero-order valence-electron chi connectivity index (χ0n) is 13.4. The van der Waals surface area contributed by atoms with E-state index in [1.165, 1.54) is 6.07 Å². The van der Waals surface area contributed by atoms with Gasteiger partial charge in [0, 0.05) is 11.4 Å². The van der Waals surface area contributed by atoms with Crippen LogP contribution >= 0.6 is 0 Å². The van der Waals surface area contributed by atoms with E-state index in [4.69, 9.17) is 4.74 Å². The number of hydrogen-bond acceptors (Lipinski definition) is 3. The van der Waals surface area contributed by atoms with Crippen LogP contribution in [0.3, 0.4) is 0 Å². The van der Waals surface area contributed by atoms with Crippen molar-refractivity contribution in [2.75, 3.05) is 17.2 Å². The van der Waals surface area contributed by atoms with Crippen LogP contribution in [-0.2, 0) is 4.79 Å². The zero-order chi connectivity index (χ0) is 17.5. The van der Waals surface area contributed by atoms with Crippen LogP contribution in [-0.4, -0.2) is 12.5 Å². The molecule has 0 heterocycles. The first-order valence-electron chi connectivity index (χ1n) is 7.80. The summed E-state index contributed by atoms with van der Waals surface area (Å²) in [5, 5.41) is 5.74. The number of hydrogen-bond donors (Lipinski definition) is 2. The van der Waals surface area contributed by atoms with E-state index < -0.39 is 0 Å². The molecule has 3 aromatic rings. The van der Waals surface area contributed by atoms with Crippen molar-refractivity contribution in [1.82, 2.24) is 0 Å². The fourth-order valence-corrected chi connectivity index (χ4v) is 2.22. The number of nitrogens with one attached hydrogen (secondary N) is 2. The molecule has 3 aromatic carbocycles. The molecule has 0 unspecified atom stereocenters. The molecule has 0 saturated heterocycles. The highest BCUT2D eigenvalue weighted by atomic mass is 19.1. The number of para-hydroxylation sites is 2. The molecule has 0 spiro atoms. The predicted molar refractivity (Wildman–Crippen MR) is 96.7 cm³/mol. The molecule has 0 saturated carbocycles. The van der Waals surface area contributed by atoms with Gasteiger partial charge in [-0.05, 0) is 48.5 Å². The Balaban J connectivity index is 1.53. The van der Waals surface area contributed by atoms with Gasteiger partial charge in [-0.15, -0.1) is 0 Å². The van der Waals surface area contributed by atoms with Crippen molar-refractivity contribution in [1.29, 1.82) is 0 Å². The Morgan fingerprint density at radius 1 is 0.840 bits per heavy atom. The minimum absolute atomic E-state index is 0.0702. The summed E-state index contributed by atoms with van der Waals surface area (Å²) in [6.45, 7) is -0.0702. The summed E-state index contributed by atoms with van der Waals surface area (Å²) in [6.07, 6.45) is 0. The third-order valence-electron chi connectivity index (χ3n) is 3.43. The van der Waals surface area contributed by atoms with Crippen molar-refractivity contribution in [2.45, 2.75) is 0 Å². The van der Waals surface area contributed by atoms with Gasteiger partial charge in [0.05, 0.1) is 5.69 Å². The van der Waals surface area contributed by atoms with Crippen LogP contribution in [0.2, 0.25) is 0 Å². The standard InChI is InChI=1S/C20H17FN2O2/c21-18-8-4-5-9-19(18)22-15-10-12-16(13-11-15)23-20(24)14-25-17-6-2-1-3-7-17/h1-13,22H,14H2,(H,23,24). The van der Waals surface area contributed by atoms with E-state index >= 15 is 0 Å². The molecule has 5 heteroatoms. The summed E-state index contributed by atoms with van der Waals surface area (Å²) >= 11 is 0. The van der Waals surface area contributed by atoms with Gasteiger partial charge in [0.25, 0.3) is 5.91 Å². The molecule has 0 aliphatic carbocycles. The van der Waals surface area contributed by atoms with Gasteiger partial charge >= 0.3 is 0 Å². The van der Waals surface area contributed by atoms with E-state index in [0.29, 0.717) is 17.1 Å². The molecular weight excluding hydrogens is 319 g/mol. The molecule has 0 aliphatic rings. The van der Waals surface area contributed by atoms with E-state index in [0.717, 1.165) is 5.69 Å². The summed E-state index contributed by atoms with van der Waals surface area (Å²) in [5.41, 5.74) is 1.76. The van der Waals surface area contributed by atoms with Crippen LogP contribution in [0.5, 0.6) is 5.75 Å². The van der Waals surface area contributed by atoms with Crippen LogP contribution in [0.15, 0.2) is 78.9 Å². The molecule has 25 heavy (non-hydrogen) atoms. The van der Waals surface area contributed by atoms with Crippen LogP contribution in [0, 0.1) is 5.82 Å². The molecule has 0 radical (unpaired) electrons. The minimum atomic E-state index is -0.321. The first-order chi connectivity index (χ1) is 12.2. The highest BCUT2D eigenvalue weighted by Crippen LogP contribution is 2.21. The Morgan fingerprint density at radius 2 is 1.48 bits per heavy atom. The van der Waals surface area contributed by atoms with Gasteiger partial charge in [0.2, 0.25) is 0 Å². The van der Waals surface area contributed by atoms with Crippen molar-refractivity contribution in [2.24, 2.45) is 0 Å². The Hall–Kier alpha value is -3.34. The van der Waals surface area contributed by atoms with Gasteiger partial charge in [0.15, 0.2) is 6.61 Å². The largest absolute Gasteiger partial charge is 0.484 e. The van der Waals surface area contributed by atoms with Crippen molar-refractivity contribution in [3.63, 3.8) is 0 Å². The van der Waals surface area contributed by atoms with Crippen molar-refractivity contribution >= 4 is 23.0 Å². The van der Waals surface area contributed by atoms with Crippen molar-refractivity contribution in [3.8, 4) is 5.75 Å². The first kappa shape index (κ1) is 16.5. The average molecular weight is 336 g/mol. The molecule has 126 valence electrons. The lowest BCUT2D eigenvalue weighted by molar-refractivity contribution is -0.118. The molecule has 0 aromatic heterocycles. The Labute approximate surface area is 145 Å². The number of benzene rings is 3. The minimum Gasteiger partial charge on any atom is -0.484 e. The number of anilines is 3. The maximum absolute atomic E-state index is 13.6. The lowest BCUT2D eigenvalue weighted by atomic mass is 10.2. The number of carbonyl (C=O) groups is 1. The zero-order valence-corrected chi connectivity index (χ0v) is 13.4. The fourth-order valence-electron chi connectivity index (χ4n) is 2.22. The Bertz CT molecular complexity index is 836. The third-order valence-corrected chi connectivity index (χ3v) is 3.43. The number of ether oxygens (including phenoxy) is 1. The second kappa shape index (κ2) is 7.97. The summed E-state index contributed by atoms with van der Waals surface area (Å²) in [5.74, 6) is 0.0682. The van der Waals surface area contributed by atoms with Crippen molar-refractivity contribution in [3.05, 3.63) is 84.7 Å². The second-order valence-electron chi connectivity index (χ2n) is 5.33. The van der Waals surface area contributed by atoms with E-state index in [1.54, 1.807) is 54.6 Å². The fraction of sp³-hybridized carbons (Fsp3) is 0.0500. The number of amides is 1. The van der Waals surface area contributed by atoms with Gasteiger partial charge < -0.3 is 15.4 Å². The average Bonchev–Trinajstić information content (AvgIpc) is 2.64. The van der Waals surface area contributed by atoms with Gasteiger partial charge in [-0.2, -0.15) is 0 Å². The molecule has 1 amide bonds. The summed E-state index contributed by atoms with van der Waals surface area (Å²) in [6, 6.07) is 22.6. The normalized spacial score (nSPS) is 10.1. The molecule has 0 fully saturated rings. The maximum atomic E-state index is 13.6. The topological polar surface area (TPSA) is 50.4 Å². The number of rotatable bonds is 6. The highest BCUT2D eigenvalue weighted by molar-refractivity contribution is 5.92. The summed E-state index contributed by atoms with van der Waals surface area (Å²) < 4.78 is 19.0. The molecule has 3 rings (SSSR count). The molecule has 0 atom stereocenters. The number of halogens is 1. The summed E-state index contributed by atoms with van der Waals surface area (Å²) in [7, 11) is 0. The van der Waals surface area contributed by atoms with E-state index in [1.807, 2.05) is 18.2 Å². The van der Waals surface area contributed by atoms with Crippen molar-refractivity contribution < 1.29 is 13.9 Å². The van der Waals surface area contributed by atoms with Gasteiger partial charge in [0.1, 0.15) is 11.6 Å². The van der Waals surface area contributed by atoms with E-state index in [9.17, 15) is 9.18 Å². The monoisotopic (exact) mass is 336 g/mol. The van der Waals surface area contributed by atoms with E-state index in [-0.39, 0.29) is 18.3 Å². The van der Waals surface area contributed by atoms with E-state index in [2.05, 4.69) is 10.6 Å². The second-order valence-corrected chi connectivity index (χ2v) is 5.33. The van der Waals surface area contributed by atoms with Crippen LogP contribution in [0.1, 0.15) is 0 Å².